The summed E-state index contributed by atoms with van der Waals surface area (Å²) in [5, 5.41) is 2.59. The summed E-state index contributed by atoms with van der Waals surface area (Å²) in [6, 6.07) is -1.01. The van der Waals surface area contributed by atoms with Crippen molar-refractivity contribution >= 4 is 34.5 Å². The first-order valence-electron chi connectivity index (χ1n) is 8.38. The second-order valence-corrected chi connectivity index (χ2v) is 6.89. The molecule has 138 valence electrons. The summed E-state index contributed by atoms with van der Waals surface area (Å²) < 4.78 is 32.6. The molecule has 0 radical (unpaired) electrons. The van der Waals surface area contributed by atoms with Crippen LogP contribution in [0.1, 0.15) is 57.8 Å². The van der Waals surface area contributed by atoms with Crippen molar-refractivity contribution < 1.29 is 23.1 Å². The van der Waals surface area contributed by atoms with Crippen LogP contribution in [0.5, 0.6) is 0 Å². The van der Waals surface area contributed by atoms with Crippen molar-refractivity contribution in [2.45, 2.75) is 69.8 Å². The topological polar surface area (TPSA) is 55.4 Å². The second kappa shape index (κ2) is 11.0. The third kappa shape index (κ3) is 8.39. The summed E-state index contributed by atoms with van der Waals surface area (Å²) in [4.78, 5) is 24.0. The average Bonchev–Trinajstić information content (AvgIpc) is 3.02. The number of carbonyl (C=O) groups is 2. The molecule has 1 aliphatic rings. The van der Waals surface area contributed by atoms with Gasteiger partial charge in [0, 0.05) is 19.3 Å². The van der Waals surface area contributed by atoms with Crippen molar-refractivity contribution in [1.82, 2.24) is 5.32 Å². The van der Waals surface area contributed by atoms with Crippen molar-refractivity contribution in [3.05, 3.63) is 12.7 Å². The van der Waals surface area contributed by atoms with E-state index in [-0.39, 0.29) is 29.8 Å². The molecular weight excluding hydrogens is 431 g/mol. The normalized spacial score (nSPS) is 16.6. The Balaban J connectivity index is 2.54. The van der Waals surface area contributed by atoms with E-state index in [1.807, 2.05) is 22.6 Å². The van der Waals surface area contributed by atoms with Gasteiger partial charge >= 0.3 is 5.97 Å². The maximum absolute atomic E-state index is 13.8. The van der Waals surface area contributed by atoms with Gasteiger partial charge in [0.05, 0.1) is 0 Å². The molecule has 0 spiro atoms. The third-order valence-corrected chi connectivity index (χ3v) is 4.59. The van der Waals surface area contributed by atoms with Crippen LogP contribution in [0.15, 0.2) is 12.7 Å². The van der Waals surface area contributed by atoms with Gasteiger partial charge in [-0.3, -0.25) is 4.79 Å². The SMILES string of the molecule is C=CCCC(F)(F)CCC(NC(=O)CC1CCCC1)C(=O)OCI. The second-order valence-electron chi connectivity index (χ2n) is 6.27. The molecule has 1 aliphatic carbocycles. The molecule has 0 aromatic rings. The number of carbonyl (C=O) groups excluding carboxylic acids is 2. The van der Waals surface area contributed by atoms with Gasteiger partial charge in [0.25, 0.3) is 0 Å². The van der Waals surface area contributed by atoms with E-state index in [2.05, 4.69) is 11.9 Å². The number of nitrogens with one attached hydrogen (secondary N) is 1. The number of ether oxygens (including phenoxy) is 1. The van der Waals surface area contributed by atoms with E-state index in [9.17, 15) is 18.4 Å². The van der Waals surface area contributed by atoms with Gasteiger partial charge in [-0.15, -0.1) is 6.58 Å². The number of amides is 1. The summed E-state index contributed by atoms with van der Waals surface area (Å²) in [6.45, 7) is 3.43. The van der Waals surface area contributed by atoms with Crippen LogP contribution in [0.25, 0.3) is 0 Å². The zero-order chi connectivity index (χ0) is 18.0. The van der Waals surface area contributed by atoms with Crippen LogP contribution in [0, 0.1) is 5.92 Å². The summed E-state index contributed by atoms with van der Waals surface area (Å²) in [5.74, 6) is -3.46. The molecule has 0 aliphatic heterocycles. The standard InChI is InChI=1S/C17H26F2INO3/c1-2-3-9-17(18,19)10-8-14(16(23)24-12-20)21-15(22)11-13-6-4-5-7-13/h2,13-14H,1,3-12H2,(H,21,22). The fourth-order valence-electron chi connectivity index (χ4n) is 2.93. The van der Waals surface area contributed by atoms with E-state index in [4.69, 9.17) is 4.74 Å². The van der Waals surface area contributed by atoms with E-state index in [1.54, 1.807) is 0 Å². The lowest BCUT2D eigenvalue weighted by Gasteiger charge is -2.21. The smallest absolute Gasteiger partial charge is 0.329 e. The van der Waals surface area contributed by atoms with Gasteiger partial charge in [-0.2, -0.15) is 0 Å². The van der Waals surface area contributed by atoms with E-state index in [0.717, 1.165) is 25.7 Å². The van der Waals surface area contributed by atoms with Crippen molar-refractivity contribution in [1.29, 1.82) is 0 Å². The molecule has 1 rings (SSSR count). The molecule has 0 bridgehead atoms. The van der Waals surface area contributed by atoms with Crippen LogP contribution in [0.2, 0.25) is 0 Å². The minimum Gasteiger partial charge on any atom is -0.453 e. The first kappa shape index (κ1) is 21.3. The number of esters is 1. The molecule has 0 aromatic carbocycles. The molecule has 1 N–H and O–H groups in total. The highest BCUT2D eigenvalue weighted by atomic mass is 127. The zero-order valence-electron chi connectivity index (χ0n) is 13.9. The predicted molar refractivity (Wildman–Crippen MR) is 97.1 cm³/mol. The molecule has 1 fully saturated rings. The largest absolute Gasteiger partial charge is 0.453 e. The lowest BCUT2D eigenvalue weighted by atomic mass is 10.0. The highest BCUT2D eigenvalue weighted by molar-refractivity contribution is 14.1. The van der Waals surface area contributed by atoms with Crippen LogP contribution in [0.4, 0.5) is 8.78 Å². The maximum atomic E-state index is 13.8. The monoisotopic (exact) mass is 457 g/mol. The van der Waals surface area contributed by atoms with E-state index in [1.165, 1.54) is 6.08 Å². The Morgan fingerprint density at radius 3 is 2.58 bits per heavy atom. The minimum absolute atomic E-state index is 0.123. The van der Waals surface area contributed by atoms with Crippen LogP contribution in [-0.2, 0) is 14.3 Å². The summed E-state index contributed by atoms with van der Waals surface area (Å²) >= 11 is 1.86. The molecular formula is C17H26F2INO3. The molecule has 0 aromatic heterocycles. The quantitative estimate of drug-likeness (QED) is 0.217. The predicted octanol–water partition coefficient (Wildman–Crippen LogP) is 4.37. The minimum atomic E-state index is -2.88. The van der Waals surface area contributed by atoms with Crippen LogP contribution in [-0.4, -0.2) is 28.5 Å². The Hall–Kier alpha value is -0.730. The first-order chi connectivity index (χ1) is 11.4. The average molecular weight is 457 g/mol. The lowest BCUT2D eigenvalue weighted by molar-refractivity contribution is -0.146. The number of hydrogen-bond donors (Lipinski definition) is 1. The molecule has 1 unspecified atom stereocenters. The maximum Gasteiger partial charge on any atom is 0.329 e. The van der Waals surface area contributed by atoms with Gasteiger partial charge in [-0.05, 0) is 54.2 Å². The van der Waals surface area contributed by atoms with Gasteiger partial charge < -0.3 is 10.1 Å². The number of hydrogen-bond acceptors (Lipinski definition) is 3. The zero-order valence-corrected chi connectivity index (χ0v) is 16.0. The number of alkyl halides is 3. The van der Waals surface area contributed by atoms with Crippen molar-refractivity contribution in [2.24, 2.45) is 5.92 Å². The number of allylic oxidation sites excluding steroid dienone is 1. The Labute approximate surface area is 155 Å². The molecule has 24 heavy (non-hydrogen) atoms. The van der Waals surface area contributed by atoms with Crippen LogP contribution < -0.4 is 5.32 Å². The molecule has 1 saturated carbocycles. The van der Waals surface area contributed by atoms with E-state index < -0.39 is 24.4 Å². The van der Waals surface area contributed by atoms with Crippen molar-refractivity contribution in [3.63, 3.8) is 0 Å². The van der Waals surface area contributed by atoms with Gasteiger partial charge in [0.1, 0.15) is 10.7 Å². The Kier molecular flexibility index (Phi) is 9.76. The summed E-state index contributed by atoms with van der Waals surface area (Å²) in [6.07, 6.45) is 5.36. The Morgan fingerprint density at radius 1 is 1.33 bits per heavy atom. The highest BCUT2D eigenvalue weighted by Crippen LogP contribution is 2.28. The Morgan fingerprint density at radius 2 is 2.00 bits per heavy atom. The van der Waals surface area contributed by atoms with Crippen LogP contribution in [0.3, 0.4) is 0 Å². The van der Waals surface area contributed by atoms with Crippen molar-refractivity contribution in [2.75, 3.05) is 4.61 Å². The Bertz CT molecular complexity index is 426. The molecule has 4 nitrogen and oxygen atoms in total. The third-order valence-electron chi connectivity index (χ3n) is 4.28. The van der Waals surface area contributed by atoms with Crippen molar-refractivity contribution in [3.8, 4) is 0 Å². The fourth-order valence-corrected chi connectivity index (χ4v) is 3.23. The van der Waals surface area contributed by atoms with Gasteiger partial charge in [-0.1, -0.05) is 18.9 Å². The van der Waals surface area contributed by atoms with E-state index in [0.29, 0.717) is 12.3 Å². The lowest BCUT2D eigenvalue weighted by Crippen LogP contribution is -2.43. The summed E-state index contributed by atoms with van der Waals surface area (Å²) in [7, 11) is 0. The first-order valence-corrected chi connectivity index (χ1v) is 9.91. The molecule has 1 atom stereocenters. The molecule has 0 saturated heterocycles. The molecule has 1 amide bonds. The van der Waals surface area contributed by atoms with Gasteiger partial charge in [-0.25, -0.2) is 13.6 Å². The molecule has 7 heteroatoms. The number of rotatable bonds is 11. The molecule has 0 heterocycles. The highest BCUT2D eigenvalue weighted by Gasteiger charge is 2.32. The van der Waals surface area contributed by atoms with Gasteiger partial charge in [0.2, 0.25) is 11.8 Å². The van der Waals surface area contributed by atoms with Gasteiger partial charge in [0.15, 0.2) is 0 Å². The summed E-state index contributed by atoms with van der Waals surface area (Å²) in [5.41, 5.74) is 0. The van der Waals surface area contributed by atoms with Crippen LogP contribution >= 0.6 is 22.6 Å². The van der Waals surface area contributed by atoms with E-state index >= 15 is 0 Å². The number of halogens is 3. The fraction of sp³-hybridized carbons (Fsp3) is 0.765.